The summed E-state index contributed by atoms with van der Waals surface area (Å²) in [6.07, 6.45) is 0. The van der Waals surface area contributed by atoms with Crippen LogP contribution in [0.3, 0.4) is 0 Å². The monoisotopic (exact) mass is 373 g/mol. The molecule has 1 aromatic heterocycles. The fourth-order valence-corrected chi connectivity index (χ4v) is 4.00. The normalized spacial score (nSPS) is 17.0. The molecule has 1 aromatic carbocycles. The standard InChI is InChI=1S/C20H27N3O2S/c1-15-6-7-19(25-3)18(13-15)21-20(24)16(2)23-10-8-22(9-11-23)14-17-5-4-12-26-17/h4-7,12-13,16H,8-11,14H2,1-3H3,(H,21,24). The number of methoxy groups -OCH3 is 1. The van der Waals surface area contributed by atoms with Crippen molar-refractivity contribution in [2.75, 3.05) is 38.6 Å². The number of hydrogen-bond acceptors (Lipinski definition) is 5. The number of piperazine rings is 1. The van der Waals surface area contributed by atoms with E-state index in [-0.39, 0.29) is 11.9 Å². The van der Waals surface area contributed by atoms with Gasteiger partial charge in [-0.15, -0.1) is 11.3 Å². The van der Waals surface area contributed by atoms with Crippen molar-refractivity contribution in [1.29, 1.82) is 0 Å². The van der Waals surface area contributed by atoms with E-state index >= 15 is 0 Å². The van der Waals surface area contributed by atoms with Gasteiger partial charge in [-0.25, -0.2) is 0 Å². The Hall–Kier alpha value is -1.89. The van der Waals surface area contributed by atoms with Gasteiger partial charge in [0.2, 0.25) is 5.91 Å². The molecule has 0 spiro atoms. The van der Waals surface area contributed by atoms with Crippen LogP contribution in [0.4, 0.5) is 5.69 Å². The molecule has 3 rings (SSSR count). The number of benzene rings is 1. The SMILES string of the molecule is COc1ccc(C)cc1NC(=O)C(C)N1CCN(Cc2cccs2)CC1. The molecule has 1 aliphatic heterocycles. The van der Waals surface area contributed by atoms with Crippen molar-refractivity contribution in [1.82, 2.24) is 9.80 Å². The third-order valence-electron chi connectivity index (χ3n) is 4.91. The van der Waals surface area contributed by atoms with Crippen LogP contribution >= 0.6 is 11.3 Å². The summed E-state index contributed by atoms with van der Waals surface area (Å²) in [6, 6.07) is 9.93. The van der Waals surface area contributed by atoms with Crippen LogP contribution in [-0.2, 0) is 11.3 Å². The van der Waals surface area contributed by atoms with Gasteiger partial charge in [-0.3, -0.25) is 14.6 Å². The number of nitrogens with zero attached hydrogens (tertiary/aromatic N) is 2. The summed E-state index contributed by atoms with van der Waals surface area (Å²) in [4.78, 5) is 18.8. The van der Waals surface area contributed by atoms with E-state index in [4.69, 9.17) is 4.74 Å². The summed E-state index contributed by atoms with van der Waals surface area (Å²) >= 11 is 1.80. The van der Waals surface area contributed by atoms with Crippen LogP contribution in [0.2, 0.25) is 0 Å². The Morgan fingerprint density at radius 1 is 1.27 bits per heavy atom. The Balaban J connectivity index is 1.54. The maximum Gasteiger partial charge on any atom is 0.241 e. The third-order valence-corrected chi connectivity index (χ3v) is 5.77. The number of nitrogens with one attached hydrogen (secondary N) is 1. The lowest BCUT2D eigenvalue weighted by Gasteiger charge is -2.37. The molecule has 6 heteroatoms. The average Bonchev–Trinajstić information content (AvgIpc) is 3.15. The molecule has 1 saturated heterocycles. The molecule has 0 bridgehead atoms. The first-order valence-corrected chi connectivity index (χ1v) is 9.89. The molecule has 1 atom stereocenters. The number of anilines is 1. The Bertz CT molecular complexity index is 725. The Morgan fingerprint density at radius 2 is 2.04 bits per heavy atom. The minimum Gasteiger partial charge on any atom is -0.495 e. The first-order chi connectivity index (χ1) is 12.6. The summed E-state index contributed by atoms with van der Waals surface area (Å²) in [5.74, 6) is 0.706. The van der Waals surface area contributed by atoms with Crippen LogP contribution in [-0.4, -0.2) is 55.0 Å². The molecule has 1 amide bonds. The zero-order chi connectivity index (χ0) is 18.5. The van der Waals surface area contributed by atoms with Crippen molar-refractivity contribution >= 4 is 22.9 Å². The lowest BCUT2D eigenvalue weighted by Crippen LogP contribution is -2.52. The van der Waals surface area contributed by atoms with Gasteiger partial charge >= 0.3 is 0 Å². The predicted octanol–water partition coefficient (Wildman–Crippen LogP) is 3.21. The molecule has 140 valence electrons. The number of rotatable bonds is 6. The second kappa shape index (κ2) is 8.66. The molecule has 2 aromatic rings. The van der Waals surface area contributed by atoms with Gasteiger partial charge in [0.1, 0.15) is 5.75 Å². The molecule has 1 N–H and O–H groups in total. The second-order valence-corrected chi connectivity index (χ2v) is 7.79. The highest BCUT2D eigenvalue weighted by atomic mass is 32.1. The van der Waals surface area contributed by atoms with Crippen molar-refractivity contribution in [3.05, 3.63) is 46.2 Å². The summed E-state index contributed by atoms with van der Waals surface area (Å²) in [5.41, 5.74) is 1.83. The maximum absolute atomic E-state index is 12.7. The van der Waals surface area contributed by atoms with E-state index in [1.807, 2.05) is 32.0 Å². The molecular weight excluding hydrogens is 346 g/mol. The number of amides is 1. The molecule has 26 heavy (non-hydrogen) atoms. The average molecular weight is 374 g/mol. The van der Waals surface area contributed by atoms with Crippen molar-refractivity contribution in [2.45, 2.75) is 26.4 Å². The zero-order valence-corrected chi connectivity index (χ0v) is 16.5. The van der Waals surface area contributed by atoms with Crippen LogP contribution in [0.15, 0.2) is 35.7 Å². The molecule has 1 unspecified atom stereocenters. The number of carbonyl (C=O) groups excluding carboxylic acids is 1. The molecule has 0 saturated carbocycles. The number of thiophene rings is 1. The van der Waals surface area contributed by atoms with Crippen molar-refractivity contribution in [3.63, 3.8) is 0 Å². The zero-order valence-electron chi connectivity index (χ0n) is 15.7. The van der Waals surface area contributed by atoms with Crippen LogP contribution in [0.25, 0.3) is 0 Å². The smallest absolute Gasteiger partial charge is 0.241 e. The minimum absolute atomic E-state index is 0.0145. The number of carbonyl (C=O) groups is 1. The van der Waals surface area contributed by atoms with E-state index < -0.39 is 0 Å². The van der Waals surface area contributed by atoms with Gasteiger partial charge < -0.3 is 10.1 Å². The number of ether oxygens (including phenoxy) is 1. The lowest BCUT2D eigenvalue weighted by molar-refractivity contribution is -0.121. The lowest BCUT2D eigenvalue weighted by atomic mass is 10.1. The highest BCUT2D eigenvalue weighted by Crippen LogP contribution is 2.25. The van der Waals surface area contributed by atoms with Gasteiger partial charge in [0, 0.05) is 37.6 Å². The predicted molar refractivity (Wildman–Crippen MR) is 107 cm³/mol. The van der Waals surface area contributed by atoms with Crippen LogP contribution in [0, 0.1) is 6.92 Å². The van der Waals surface area contributed by atoms with E-state index in [1.165, 1.54) is 4.88 Å². The summed E-state index contributed by atoms with van der Waals surface area (Å²) < 4.78 is 5.36. The highest BCUT2D eigenvalue weighted by molar-refractivity contribution is 7.09. The van der Waals surface area contributed by atoms with Crippen molar-refractivity contribution in [2.24, 2.45) is 0 Å². The number of hydrogen-bond donors (Lipinski definition) is 1. The van der Waals surface area contributed by atoms with Gasteiger partial charge in [0.05, 0.1) is 18.8 Å². The van der Waals surface area contributed by atoms with E-state index in [1.54, 1.807) is 18.4 Å². The fraction of sp³-hybridized carbons (Fsp3) is 0.450. The first-order valence-electron chi connectivity index (χ1n) is 9.01. The molecule has 2 heterocycles. The van der Waals surface area contributed by atoms with Gasteiger partial charge in [0.15, 0.2) is 0 Å². The second-order valence-electron chi connectivity index (χ2n) is 6.76. The topological polar surface area (TPSA) is 44.8 Å². The highest BCUT2D eigenvalue weighted by Gasteiger charge is 2.26. The van der Waals surface area contributed by atoms with Gasteiger partial charge in [-0.1, -0.05) is 12.1 Å². The van der Waals surface area contributed by atoms with Gasteiger partial charge in [-0.2, -0.15) is 0 Å². The van der Waals surface area contributed by atoms with Crippen molar-refractivity contribution < 1.29 is 9.53 Å². The molecule has 1 aliphatic rings. The van der Waals surface area contributed by atoms with Gasteiger partial charge in [0.25, 0.3) is 0 Å². The maximum atomic E-state index is 12.7. The largest absolute Gasteiger partial charge is 0.495 e. The van der Waals surface area contributed by atoms with E-state index in [0.29, 0.717) is 5.75 Å². The summed E-state index contributed by atoms with van der Waals surface area (Å²) in [6.45, 7) is 8.78. The Kier molecular flexibility index (Phi) is 6.29. The van der Waals surface area contributed by atoms with Crippen LogP contribution < -0.4 is 10.1 Å². The quantitative estimate of drug-likeness (QED) is 0.845. The van der Waals surface area contributed by atoms with E-state index in [2.05, 4.69) is 32.6 Å². The first kappa shape index (κ1) is 18.9. The van der Waals surface area contributed by atoms with Crippen LogP contribution in [0.1, 0.15) is 17.4 Å². The Morgan fingerprint density at radius 3 is 2.69 bits per heavy atom. The summed E-state index contributed by atoms with van der Waals surface area (Å²) in [5, 5.41) is 5.15. The molecule has 1 fully saturated rings. The van der Waals surface area contributed by atoms with E-state index in [0.717, 1.165) is 44.0 Å². The molecule has 5 nitrogen and oxygen atoms in total. The fourth-order valence-electron chi connectivity index (χ4n) is 3.25. The minimum atomic E-state index is -0.163. The van der Waals surface area contributed by atoms with E-state index in [9.17, 15) is 4.79 Å². The third kappa shape index (κ3) is 4.63. The number of aryl methyl sites for hydroxylation is 1. The van der Waals surface area contributed by atoms with Gasteiger partial charge in [-0.05, 0) is 43.0 Å². The van der Waals surface area contributed by atoms with Crippen molar-refractivity contribution in [3.8, 4) is 5.75 Å². The van der Waals surface area contributed by atoms with Crippen LogP contribution in [0.5, 0.6) is 5.75 Å². The summed E-state index contributed by atoms with van der Waals surface area (Å²) in [7, 11) is 1.62. The molecule has 0 radical (unpaired) electrons. The molecular formula is C20H27N3O2S. The molecule has 0 aliphatic carbocycles. The Labute approximate surface area is 159 Å².